The first-order valence-electron chi connectivity index (χ1n) is 8.92. The van der Waals surface area contributed by atoms with Crippen molar-refractivity contribution in [3.8, 4) is 11.4 Å². The highest BCUT2D eigenvalue weighted by atomic mass is 32.1. The molecule has 0 saturated heterocycles. The number of H-pyrrole nitrogens is 1. The molecule has 0 radical (unpaired) electrons. The Labute approximate surface area is 161 Å². The quantitative estimate of drug-likeness (QED) is 0.500. The largest absolute Gasteiger partial charge is 0.353 e. The third-order valence-corrected chi connectivity index (χ3v) is 5.18. The molecule has 0 aliphatic rings. The van der Waals surface area contributed by atoms with Crippen molar-refractivity contribution < 1.29 is 4.79 Å². The van der Waals surface area contributed by atoms with Crippen LogP contribution in [0.4, 0.5) is 5.13 Å². The maximum Gasteiger partial charge on any atom is 0.226 e. The molecule has 0 fully saturated rings. The Kier molecular flexibility index (Phi) is 4.98. The highest BCUT2D eigenvalue weighted by Crippen LogP contribution is 2.31. The summed E-state index contributed by atoms with van der Waals surface area (Å²) in [5.74, 6) is 0.000331. The molecule has 3 heterocycles. The van der Waals surface area contributed by atoms with Crippen molar-refractivity contribution in [2.24, 2.45) is 0 Å². The van der Waals surface area contributed by atoms with E-state index >= 15 is 0 Å². The Balaban J connectivity index is 1.56. The number of aromatic nitrogens is 3. The summed E-state index contributed by atoms with van der Waals surface area (Å²) in [6.07, 6.45) is 5.52. The molecule has 0 saturated carbocycles. The number of anilines is 1. The number of hydrogen-bond donors (Lipinski definition) is 2. The molecule has 1 amide bonds. The van der Waals surface area contributed by atoms with Crippen LogP contribution in [0.3, 0.4) is 0 Å². The van der Waals surface area contributed by atoms with E-state index in [0.29, 0.717) is 11.6 Å². The number of amides is 1. The van der Waals surface area contributed by atoms with Gasteiger partial charge in [0, 0.05) is 35.1 Å². The fraction of sp³-hybridized carbons (Fsp3) is 0.190. The number of nitrogens with one attached hydrogen (secondary N) is 2. The molecular weight excluding hydrogens is 356 g/mol. The lowest BCUT2D eigenvalue weighted by molar-refractivity contribution is -0.116. The smallest absolute Gasteiger partial charge is 0.226 e. The monoisotopic (exact) mass is 376 g/mol. The van der Waals surface area contributed by atoms with Crippen LogP contribution in [0.25, 0.3) is 22.3 Å². The molecule has 4 aromatic rings. The van der Waals surface area contributed by atoms with Gasteiger partial charge in [-0.05, 0) is 49.6 Å². The van der Waals surface area contributed by atoms with Gasteiger partial charge in [0.25, 0.3) is 0 Å². The third kappa shape index (κ3) is 3.90. The Hall–Kier alpha value is -2.99. The second-order valence-electron chi connectivity index (χ2n) is 6.48. The summed E-state index contributed by atoms with van der Waals surface area (Å²) in [4.78, 5) is 24.3. The number of benzene rings is 1. The normalized spacial score (nSPS) is 11.0. The summed E-state index contributed by atoms with van der Waals surface area (Å²) < 4.78 is 0. The number of thiazole rings is 1. The molecule has 4 rings (SSSR count). The van der Waals surface area contributed by atoms with Crippen LogP contribution in [0, 0.1) is 6.92 Å². The minimum atomic E-state index is 0.000331. The van der Waals surface area contributed by atoms with Crippen molar-refractivity contribution in [3.63, 3.8) is 0 Å². The van der Waals surface area contributed by atoms with Crippen molar-refractivity contribution >= 4 is 33.3 Å². The SMILES string of the molecule is Cc1ccc2[nH]c(-c3ccccn3)c(CCCC(=O)Nc3nccs3)c2c1. The van der Waals surface area contributed by atoms with Crippen molar-refractivity contribution in [1.29, 1.82) is 0 Å². The van der Waals surface area contributed by atoms with Crippen molar-refractivity contribution in [2.75, 3.05) is 5.32 Å². The molecule has 0 bridgehead atoms. The lowest BCUT2D eigenvalue weighted by Gasteiger charge is -2.05. The summed E-state index contributed by atoms with van der Waals surface area (Å²) in [6, 6.07) is 12.3. The van der Waals surface area contributed by atoms with Crippen LogP contribution in [0.5, 0.6) is 0 Å². The molecule has 0 aliphatic heterocycles. The summed E-state index contributed by atoms with van der Waals surface area (Å²) in [5, 5.41) is 6.55. The average molecular weight is 376 g/mol. The molecule has 1 aromatic carbocycles. The van der Waals surface area contributed by atoms with Crippen molar-refractivity contribution in [1.82, 2.24) is 15.0 Å². The van der Waals surface area contributed by atoms with Crippen LogP contribution in [0.1, 0.15) is 24.0 Å². The number of pyridine rings is 1. The molecule has 2 N–H and O–H groups in total. The van der Waals surface area contributed by atoms with E-state index in [1.54, 1.807) is 12.4 Å². The third-order valence-electron chi connectivity index (χ3n) is 4.49. The van der Waals surface area contributed by atoms with Gasteiger partial charge < -0.3 is 10.3 Å². The highest BCUT2D eigenvalue weighted by molar-refractivity contribution is 7.13. The van der Waals surface area contributed by atoms with E-state index in [4.69, 9.17) is 0 Å². The fourth-order valence-corrected chi connectivity index (χ4v) is 3.79. The van der Waals surface area contributed by atoms with Crippen LogP contribution in [-0.4, -0.2) is 20.9 Å². The van der Waals surface area contributed by atoms with E-state index in [9.17, 15) is 4.79 Å². The van der Waals surface area contributed by atoms with E-state index in [1.165, 1.54) is 27.8 Å². The van der Waals surface area contributed by atoms with E-state index in [2.05, 4.69) is 45.4 Å². The maximum absolute atomic E-state index is 12.1. The van der Waals surface area contributed by atoms with Crippen LogP contribution in [0.15, 0.2) is 54.2 Å². The van der Waals surface area contributed by atoms with Gasteiger partial charge in [-0.15, -0.1) is 11.3 Å². The van der Waals surface area contributed by atoms with Crippen LogP contribution in [0.2, 0.25) is 0 Å². The van der Waals surface area contributed by atoms with Gasteiger partial charge in [0.15, 0.2) is 5.13 Å². The average Bonchev–Trinajstić information content (AvgIpc) is 3.30. The summed E-state index contributed by atoms with van der Waals surface area (Å²) in [7, 11) is 0. The molecule has 0 aliphatic carbocycles. The molecule has 0 atom stereocenters. The molecule has 3 aromatic heterocycles. The maximum atomic E-state index is 12.1. The van der Waals surface area contributed by atoms with Gasteiger partial charge >= 0.3 is 0 Å². The number of hydrogen-bond acceptors (Lipinski definition) is 4. The molecule has 0 unspecified atom stereocenters. The van der Waals surface area contributed by atoms with Crippen LogP contribution in [-0.2, 0) is 11.2 Å². The lowest BCUT2D eigenvalue weighted by Crippen LogP contribution is -2.11. The van der Waals surface area contributed by atoms with Crippen LogP contribution >= 0.6 is 11.3 Å². The molecule has 6 heteroatoms. The standard InChI is InChI=1S/C21H20N4OS/c1-14-8-9-17-16(13-14)15(20(24-17)18-6-2-3-10-22-18)5-4-7-19(26)25-21-23-11-12-27-21/h2-3,6,8-13,24H,4-5,7H2,1H3,(H,23,25,26). The lowest BCUT2D eigenvalue weighted by atomic mass is 10.0. The number of aryl methyl sites for hydroxylation is 2. The highest BCUT2D eigenvalue weighted by Gasteiger charge is 2.15. The minimum Gasteiger partial charge on any atom is -0.353 e. The Morgan fingerprint density at radius 2 is 2.11 bits per heavy atom. The first-order chi connectivity index (χ1) is 13.2. The number of aromatic amines is 1. The minimum absolute atomic E-state index is 0.000331. The van der Waals surface area contributed by atoms with Gasteiger partial charge in [-0.3, -0.25) is 9.78 Å². The van der Waals surface area contributed by atoms with Crippen molar-refractivity contribution in [3.05, 3.63) is 65.3 Å². The van der Waals surface area contributed by atoms with E-state index in [1.807, 2.05) is 23.6 Å². The number of carbonyl (C=O) groups excluding carboxylic acids is 1. The number of rotatable bonds is 6. The van der Waals surface area contributed by atoms with Crippen LogP contribution < -0.4 is 5.32 Å². The van der Waals surface area contributed by atoms with E-state index in [-0.39, 0.29) is 5.91 Å². The summed E-state index contributed by atoms with van der Waals surface area (Å²) in [5.41, 5.74) is 5.50. The topological polar surface area (TPSA) is 70.7 Å². The Morgan fingerprint density at radius 3 is 2.89 bits per heavy atom. The van der Waals surface area contributed by atoms with E-state index < -0.39 is 0 Å². The predicted octanol–water partition coefficient (Wildman–Crippen LogP) is 4.96. The first-order valence-corrected chi connectivity index (χ1v) is 9.80. The Bertz CT molecular complexity index is 1050. The number of nitrogens with zero attached hydrogens (tertiary/aromatic N) is 2. The van der Waals surface area contributed by atoms with Gasteiger partial charge in [0.1, 0.15) is 0 Å². The zero-order valence-electron chi connectivity index (χ0n) is 15.0. The Morgan fingerprint density at radius 1 is 1.19 bits per heavy atom. The number of fused-ring (bicyclic) bond motifs is 1. The zero-order valence-corrected chi connectivity index (χ0v) is 15.8. The van der Waals surface area contributed by atoms with Gasteiger partial charge in [-0.1, -0.05) is 17.7 Å². The van der Waals surface area contributed by atoms with Crippen molar-refractivity contribution in [2.45, 2.75) is 26.2 Å². The molecule has 27 heavy (non-hydrogen) atoms. The second-order valence-corrected chi connectivity index (χ2v) is 7.38. The molecule has 0 spiro atoms. The first kappa shape index (κ1) is 17.4. The summed E-state index contributed by atoms with van der Waals surface area (Å²) >= 11 is 1.43. The molecular formula is C21H20N4OS. The molecule has 136 valence electrons. The predicted molar refractivity (Wildman–Crippen MR) is 110 cm³/mol. The van der Waals surface area contributed by atoms with Gasteiger partial charge in [0.2, 0.25) is 5.91 Å². The van der Waals surface area contributed by atoms with Gasteiger partial charge in [-0.2, -0.15) is 0 Å². The second kappa shape index (κ2) is 7.72. The molecule has 5 nitrogen and oxygen atoms in total. The fourth-order valence-electron chi connectivity index (χ4n) is 3.24. The summed E-state index contributed by atoms with van der Waals surface area (Å²) in [6.45, 7) is 2.10. The zero-order chi connectivity index (χ0) is 18.6. The van der Waals surface area contributed by atoms with Gasteiger partial charge in [-0.25, -0.2) is 4.98 Å². The van der Waals surface area contributed by atoms with Gasteiger partial charge in [0.05, 0.1) is 11.4 Å². The van der Waals surface area contributed by atoms with E-state index in [0.717, 1.165) is 29.7 Å². The number of carbonyl (C=O) groups is 1.